The Balaban J connectivity index is 2.53. The predicted molar refractivity (Wildman–Crippen MR) is 77.8 cm³/mol. The number of nitrogens with zero attached hydrogens (tertiary/aromatic N) is 1. The summed E-state index contributed by atoms with van der Waals surface area (Å²) >= 11 is 0. The van der Waals surface area contributed by atoms with Gasteiger partial charge < -0.3 is 5.73 Å². The smallest absolute Gasteiger partial charge is 0.0346 e. The van der Waals surface area contributed by atoms with Crippen molar-refractivity contribution in [2.45, 2.75) is 45.6 Å². The molecule has 0 saturated heterocycles. The van der Waals surface area contributed by atoms with Gasteiger partial charge in [-0.2, -0.15) is 0 Å². The zero-order valence-corrected chi connectivity index (χ0v) is 11.7. The van der Waals surface area contributed by atoms with Gasteiger partial charge in [0.15, 0.2) is 0 Å². The second-order valence-electron chi connectivity index (χ2n) is 6.17. The molecule has 1 aromatic carbocycles. The third-order valence-corrected chi connectivity index (χ3v) is 3.19. The molecule has 0 aliphatic heterocycles. The van der Waals surface area contributed by atoms with E-state index in [0.29, 0.717) is 0 Å². The maximum absolute atomic E-state index is 5.85. The molecule has 1 unspecified atom stereocenters. The first-order valence-corrected chi connectivity index (χ1v) is 6.50. The zero-order chi connectivity index (χ0) is 13.3. The van der Waals surface area contributed by atoms with E-state index in [2.05, 4.69) is 44.0 Å². The Morgan fingerprint density at radius 2 is 1.94 bits per heavy atom. The molecule has 0 aliphatic rings. The molecule has 96 valence electrons. The van der Waals surface area contributed by atoms with Gasteiger partial charge in [0, 0.05) is 23.8 Å². The number of nitrogens with two attached hydrogens (primary N) is 1. The van der Waals surface area contributed by atoms with Crippen LogP contribution in [0.5, 0.6) is 0 Å². The zero-order valence-electron chi connectivity index (χ0n) is 11.7. The SMILES string of the molecule is CC(N)Cc1ccc2c(C(C)(C)C)cncc2c1. The lowest BCUT2D eigenvalue weighted by Crippen LogP contribution is -2.17. The summed E-state index contributed by atoms with van der Waals surface area (Å²) in [6.45, 7) is 8.70. The molecular weight excluding hydrogens is 220 g/mol. The number of hydrogen-bond acceptors (Lipinski definition) is 2. The average molecular weight is 242 g/mol. The molecular formula is C16H22N2. The average Bonchev–Trinajstić information content (AvgIpc) is 2.25. The summed E-state index contributed by atoms with van der Waals surface area (Å²) in [5, 5.41) is 2.51. The molecule has 0 bridgehead atoms. The number of pyridine rings is 1. The van der Waals surface area contributed by atoms with Crippen LogP contribution in [0.25, 0.3) is 10.8 Å². The van der Waals surface area contributed by atoms with Gasteiger partial charge >= 0.3 is 0 Å². The number of fused-ring (bicyclic) bond motifs is 1. The standard InChI is InChI=1S/C16H22N2/c1-11(17)7-12-5-6-14-13(8-12)9-18-10-15(14)16(2,3)4/h5-6,8-11H,7,17H2,1-4H3. The van der Waals surface area contributed by atoms with E-state index >= 15 is 0 Å². The molecule has 2 heteroatoms. The molecule has 0 fully saturated rings. The van der Waals surface area contributed by atoms with Gasteiger partial charge in [0.1, 0.15) is 0 Å². The number of benzene rings is 1. The summed E-state index contributed by atoms with van der Waals surface area (Å²) in [4.78, 5) is 4.37. The molecule has 0 aliphatic carbocycles. The second-order valence-corrected chi connectivity index (χ2v) is 6.17. The van der Waals surface area contributed by atoms with Crippen LogP contribution in [0.1, 0.15) is 38.8 Å². The maximum Gasteiger partial charge on any atom is 0.0346 e. The van der Waals surface area contributed by atoms with Crippen LogP contribution in [-0.4, -0.2) is 11.0 Å². The van der Waals surface area contributed by atoms with E-state index in [1.807, 2.05) is 19.3 Å². The Labute approximate surface area is 109 Å². The highest BCUT2D eigenvalue weighted by molar-refractivity contribution is 5.86. The van der Waals surface area contributed by atoms with Crippen molar-refractivity contribution in [3.05, 3.63) is 41.7 Å². The van der Waals surface area contributed by atoms with Crippen LogP contribution in [0.2, 0.25) is 0 Å². The molecule has 0 saturated carbocycles. The van der Waals surface area contributed by atoms with Crippen LogP contribution in [0, 0.1) is 0 Å². The van der Waals surface area contributed by atoms with Gasteiger partial charge in [-0.1, -0.05) is 32.9 Å². The van der Waals surface area contributed by atoms with Crippen molar-refractivity contribution in [1.29, 1.82) is 0 Å². The first-order valence-electron chi connectivity index (χ1n) is 6.50. The Kier molecular flexibility index (Phi) is 3.40. The van der Waals surface area contributed by atoms with Crippen LogP contribution in [0.15, 0.2) is 30.6 Å². The maximum atomic E-state index is 5.85. The second kappa shape index (κ2) is 4.69. The fourth-order valence-corrected chi connectivity index (χ4v) is 2.32. The van der Waals surface area contributed by atoms with Gasteiger partial charge in [0.05, 0.1) is 0 Å². The van der Waals surface area contributed by atoms with E-state index in [-0.39, 0.29) is 11.5 Å². The van der Waals surface area contributed by atoms with E-state index in [9.17, 15) is 0 Å². The van der Waals surface area contributed by atoms with Crippen LogP contribution in [0.3, 0.4) is 0 Å². The van der Waals surface area contributed by atoms with Crippen LogP contribution in [-0.2, 0) is 11.8 Å². The monoisotopic (exact) mass is 242 g/mol. The van der Waals surface area contributed by atoms with Gasteiger partial charge in [0.2, 0.25) is 0 Å². The third kappa shape index (κ3) is 2.70. The van der Waals surface area contributed by atoms with Crippen molar-refractivity contribution in [2.75, 3.05) is 0 Å². The van der Waals surface area contributed by atoms with Crippen LogP contribution >= 0.6 is 0 Å². The largest absolute Gasteiger partial charge is 0.328 e. The molecule has 1 atom stereocenters. The van der Waals surface area contributed by atoms with Crippen molar-refractivity contribution in [3.8, 4) is 0 Å². The van der Waals surface area contributed by atoms with Gasteiger partial charge in [-0.25, -0.2) is 0 Å². The number of aromatic nitrogens is 1. The van der Waals surface area contributed by atoms with E-state index in [1.54, 1.807) is 0 Å². The van der Waals surface area contributed by atoms with Crippen molar-refractivity contribution in [2.24, 2.45) is 5.73 Å². The van der Waals surface area contributed by atoms with Gasteiger partial charge in [0.25, 0.3) is 0 Å². The Morgan fingerprint density at radius 1 is 1.22 bits per heavy atom. The minimum absolute atomic E-state index is 0.120. The molecule has 0 radical (unpaired) electrons. The highest BCUT2D eigenvalue weighted by atomic mass is 14.6. The molecule has 2 nitrogen and oxygen atoms in total. The van der Waals surface area contributed by atoms with Crippen molar-refractivity contribution < 1.29 is 0 Å². The summed E-state index contributed by atoms with van der Waals surface area (Å²) in [7, 11) is 0. The van der Waals surface area contributed by atoms with Gasteiger partial charge in [-0.05, 0) is 41.3 Å². The Morgan fingerprint density at radius 3 is 2.56 bits per heavy atom. The molecule has 0 amide bonds. The highest BCUT2D eigenvalue weighted by Gasteiger charge is 2.17. The van der Waals surface area contributed by atoms with Gasteiger partial charge in [-0.15, -0.1) is 0 Å². The fraction of sp³-hybridized carbons (Fsp3) is 0.438. The first kappa shape index (κ1) is 13.0. The lowest BCUT2D eigenvalue weighted by molar-refractivity contribution is 0.593. The number of rotatable bonds is 2. The van der Waals surface area contributed by atoms with Crippen molar-refractivity contribution in [1.82, 2.24) is 4.98 Å². The van der Waals surface area contributed by atoms with E-state index in [0.717, 1.165) is 6.42 Å². The first-order chi connectivity index (χ1) is 8.38. The predicted octanol–water partition coefficient (Wildman–Crippen LogP) is 3.42. The summed E-state index contributed by atoms with van der Waals surface area (Å²) in [5.41, 5.74) is 8.55. The molecule has 1 heterocycles. The molecule has 2 rings (SSSR count). The topological polar surface area (TPSA) is 38.9 Å². The third-order valence-electron chi connectivity index (χ3n) is 3.19. The summed E-state index contributed by atoms with van der Waals surface area (Å²) in [6.07, 6.45) is 4.83. The summed E-state index contributed by atoms with van der Waals surface area (Å²) < 4.78 is 0. The Hall–Kier alpha value is -1.41. The molecule has 0 spiro atoms. The van der Waals surface area contributed by atoms with Gasteiger partial charge in [-0.3, -0.25) is 4.98 Å². The summed E-state index contributed by atoms with van der Waals surface area (Å²) in [6, 6.07) is 6.79. The van der Waals surface area contributed by atoms with E-state index in [4.69, 9.17) is 5.73 Å². The van der Waals surface area contributed by atoms with Crippen LogP contribution < -0.4 is 5.73 Å². The van der Waals surface area contributed by atoms with E-state index < -0.39 is 0 Å². The van der Waals surface area contributed by atoms with Crippen LogP contribution in [0.4, 0.5) is 0 Å². The summed E-state index contributed by atoms with van der Waals surface area (Å²) in [5.74, 6) is 0. The van der Waals surface area contributed by atoms with E-state index in [1.165, 1.54) is 21.9 Å². The highest BCUT2D eigenvalue weighted by Crippen LogP contribution is 2.29. The number of hydrogen-bond donors (Lipinski definition) is 1. The molecule has 18 heavy (non-hydrogen) atoms. The molecule has 2 aromatic rings. The lowest BCUT2D eigenvalue weighted by Gasteiger charge is -2.21. The van der Waals surface area contributed by atoms with Crippen molar-refractivity contribution in [3.63, 3.8) is 0 Å². The lowest BCUT2D eigenvalue weighted by atomic mass is 9.85. The molecule has 1 aromatic heterocycles. The quantitative estimate of drug-likeness (QED) is 0.876. The minimum atomic E-state index is 0.120. The minimum Gasteiger partial charge on any atom is -0.328 e. The Bertz CT molecular complexity index is 551. The molecule has 2 N–H and O–H groups in total. The van der Waals surface area contributed by atoms with Crippen molar-refractivity contribution >= 4 is 10.8 Å². The fourth-order valence-electron chi connectivity index (χ4n) is 2.32. The normalized spacial score (nSPS) is 13.8.